The molecule has 0 amide bonds. The van der Waals surface area contributed by atoms with Crippen LogP contribution in [0.25, 0.3) is 0 Å². The molecule has 4 aliphatic rings. The average Bonchev–Trinajstić information content (AvgIpc) is 3.38. The van der Waals surface area contributed by atoms with Crippen LogP contribution in [0.2, 0.25) is 5.02 Å². The summed E-state index contributed by atoms with van der Waals surface area (Å²) in [5, 5.41) is 10.7. The molecule has 5 rings (SSSR count). The molecule has 3 saturated heterocycles. The molecule has 196 valence electrons. The maximum absolute atomic E-state index is 10.1. The number of benzene rings is 1. The van der Waals surface area contributed by atoms with Gasteiger partial charge < -0.3 is 38.3 Å². The lowest BCUT2D eigenvalue weighted by atomic mass is 10.0. The van der Waals surface area contributed by atoms with Crippen LogP contribution in [0.4, 0.5) is 0 Å². The van der Waals surface area contributed by atoms with Gasteiger partial charge in [0.05, 0.1) is 24.9 Å². The summed E-state index contributed by atoms with van der Waals surface area (Å²) >= 11 is 6.00. The van der Waals surface area contributed by atoms with Gasteiger partial charge in [0.25, 0.3) is 0 Å². The molecule has 9 heteroatoms. The van der Waals surface area contributed by atoms with Crippen LogP contribution in [-0.2, 0) is 28.4 Å². The molecule has 1 aliphatic carbocycles. The highest BCUT2D eigenvalue weighted by molar-refractivity contribution is 6.30. The molecule has 8 atom stereocenters. The van der Waals surface area contributed by atoms with Crippen molar-refractivity contribution in [2.75, 3.05) is 26.4 Å². The molecule has 1 aromatic rings. The van der Waals surface area contributed by atoms with Gasteiger partial charge in [0, 0.05) is 37.0 Å². The first kappa shape index (κ1) is 25.7. The zero-order chi connectivity index (χ0) is 24.0. The van der Waals surface area contributed by atoms with Crippen molar-refractivity contribution in [3.05, 3.63) is 29.3 Å². The van der Waals surface area contributed by atoms with E-state index in [2.05, 4.69) is 0 Å². The molecule has 0 spiro atoms. The lowest BCUT2D eigenvalue weighted by molar-refractivity contribution is -0.227. The fraction of sp³-hybridized carbons (Fsp3) is 0.769. The highest BCUT2D eigenvalue weighted by atomic mass is 35.5. The summed E-state index contributed by atoms with van der Waals surface area (Å²) in [6.45, 7) is 2.07. The quantitative estimate of drug-likeness (QED) is 0.502. The molecule has 0 bridgehead atoms. The van der Waals surface area contributed by atoms with Gasteiger partial charge in [-0.05, 0) is 62.8 Å². The van der Waals surface area contributed by atoms with Gasteiger partial charge in [0.2, 0.25) is 0 Å². The van der Waals surface area contributed by atoms with Gasteiger partial charge in [-0.1, -0.05) is 11.6 Å². The Labute approximate surface area is 212 Å². The second-order valence-corrected chi connectivity index (χ2v) is 10.3. The number of hydrogen-bond donors (Lipinski definition) is 1. The van der Waals surface area contributed by atoms with E-state index in [1.165, 1.54) is 0 Å². The lowest BCUT2D eigenvalue weighted by Gasteiger charge is -2.32. The topological polar surface area (TPSA) is 84.8 Å². The monoisotopic (exact) mass is 512 g/mol. The van der Waals surface area contributed by atoms with Crippen molar-refractivity contribution < 1.29 is 38.3 Å². The Kier molecular flexibility index (Phi) is 9.18. The van der Waals surface area contributed by atoms with E-state index in [-0.39, 0.29) is 42.9 Å². The summed E-state index contributed by atoms with van der Waals surface area (Å²) in [4.78, 5) is 0. The summed E-state index contributed by atoms with van der Waals surface area (Å²) in [5.41, 5.74) is 0. The van der Waals surface area contributed by atoms with Gasteiger partial charge in [0.15, 0.2) is 18.9 Å². The van der Waals surface area contributed by atoms with Gasteiger partial charge in [-0.2, -0.15) is 0 Å². The second-order valence-electron chi connectivity index (χ2n) is 9.85. The van der Waals surface area contributed by atoms with Crippen molar-refractivity contribution >= 4 is 11.6 Å². The van der Waals surface area contributed by atoms with E-state index in [1.54, 1.807) is 12.1 Å². The third-order valence-corrected chi connectivity index (χ3v) is 7.46. The number of aliphatic hydroxyl groups is 1. The smallest absolute Gasteiger partial charge is 0.158 e. The van der Waals surface area contributed by atoms with Crippen LogP contribution in [-0.4, -0.2) is 74.8 Å². The Morgan fingerprint density at radius 1 is 0.943 bits per heavy atom. The normalized spacial score (nSPS) is 36.1. The lowest BCUT2D eigenvalue weighted by Crippen LogP contribution is -2.40. The SMILES string of the molecule is OC1C[C@@H]2C(CC(OC3CCCCO3)C2OCC(COc2ccc(Cl)cc2)OC2CCCCO2)O1. The van der Waals surface area contributed by atoms with E-state index in [9.17, 15) is 5.11 Å². The highest BCUT2D eigenvalue weighted by Gasteiger charge is 2.51. The van der Waals surface area contributed by atoms with Gasteiger partial charge in [0.1, 0.15) is 18.5 Å². The summed E-state index contributed by atoms with van der Waals surface area (Å²) < 4.78 is 42.5. The van der Waals surface area contributed by atoms with Gasteiger partial charge in [-0.3, -0.25) is 0 Å². The molecule has 4 fully saturated rings. The minimum atomic E-state index is -0.751. The Morgan fingerprint density at radius 2 is 1.69 bits per heavy atom. The number of aliphatic hydroxyl groups excluding tert-OH is 1. The van der Waals surface area contributed by atoms with Crippen LogP contribution in [0, 0.1) is 5.92 Å². The maximum atomic E-state index is 10.1. The van der Waals surface area contributed by atoms with E-state index < -0.39 is 6.29 Å². The van der Waals surface area contributed by atoms with Crippen molar-refractivity contribution in [2.45, 2.75) is 94.7 Å². The van der Waals surface area contributed by atoms with E-state index in [0.29, 0.717) is 37.7 Å². The molecular weight excluding hydrogens is 476 g/mol. The highest BCUT2D eigenvalue weighted by Crippen LogP contribution is 2.42. The second kappa shape index (κ2) is 12.5. The Hall–Kier alpha value is -0.970. The van der Waals surface area contributed by atoms with Gasteiger partial charge in [-0.25, -0.2) is 0 Å². The zero-order valence-electron chi connectivity index (χ0n) is 20.1. The molecule has 3 aliphatic heterocycles. The predicted octanol–water partition coefficient (Wildman–Crippen LogP) is 4.05. The molecule has 0 radical (unpaired) electrons. The van der Waals surface area contributed by atoms with Crippen LogP contribution in [0.5, 0.6) is 5.75 Å². The van der Waals surface area contributed by atoms with Crippen molar-refractivity contribution in [3.63, 3.8) is 0 Å². The molecule has 1 aromatic carbocycles. The first-order chi connectivity index (χ1) is 17.1. The molecule has 7 unspecified atom stereocenters. The first-order valence-corrected chi connectivity index (χ1v) is 13.4. The molecule has 0 aromatic heterocycles. The van der Waals surface area contributed by atoms with E-state index >= 15 is 0 Å². The third kappa shape index (κ3) is 7.08. The Morgan fingerprint density at radius 3 is 2.40 bits per heavy atom. The van der Waals surface area contributed by atoms with Crippen LogP contribution in [0.3, 0.4) is 0 Å². The van der Waals surface area contributed by atoms with E-state index in [4.69, 9.17) is 44.8 Å². The first-order valence-electron chi connectivity index (χ1n) is 13.0. The number of hydrogen-bond acceptors (Lipinski definition) is 8. The fourth-order valence-electron chi connectivity index (χ4n) is 5.43. The zero-order valence-corrected chi connectivity index (χ0v) is 20.9. The van der Waals surface area contributed by atoms with E-state index in [0.717, 1.165) is 50.9 Å². The van der Waals surface area contributed by atoms with Crippen LogP contribution in [0.15, 0.2) is 24.3 Å². The summed E-state index contributed by atoms with van der Waals surface area (Å²) in [5.74, 6) is 0.791. The van der Waals surface area contributed by atoms with Crippen LogP contribution in [0.1, 0.15) is 51.4 Å². The van der Waals surface area contributed by atoms with Crippen LogP contribution < -0.4 is 4.74 Å². The summed E-state index contributed by atoms with van der Waals surface area (Å²) in [6, 6.07) is 7.27. The van der Waals surface area contributed by atoms with E-state index in [1.807, 2.05) is 12.1 Å². The fourth-order valence-corrected chi connectivity index (χ4v) is 5.56. The molecule has 35 heavy (non-hydrogen) atoms. The largest absolute Gasteiger partial charge is 0.491 e. The minimum Gasteiger partial charge on any atom is -0.491 e. The molecule has 3 heterocycles. The molecule has 8 nitrogen and oxygen atoms in total. The van der Waals surface area contributed by atoms with Crippen LogP contribution >= 0.6 is 11.6 Å². The van der Waals surface area contributed by atoms with Gasteiger partial charge >= 0.3 is 0 Å². The number of ether oxygens (including phenoxy) is 7. The minimum absolute atomic E-state index is 0.0716. The molecular formula is C26H37ClO8. The maximum Gasteiger partial charge on any atom is 0.158 e. The Bertz CT molecular complexity index is 767. The third-order valence-electron chi connectivity index (χ3n) is 7.21. The van der Waals surface area contributed by atoms with Crippen molar-refractivity contribution in [2.24, 2.45) is 5.92 Å². The van der Waals surface area contributed by atoms with Crippen molar-refractivity contribution in [1.82, 2.24) is 0 Å². The van der Waals surface area contributed by atoms with Gasteiger partial charge in [-0.15, -0.1) is 0 Å². The van der Waals surface area contributed by atoms with Crippen molar-refractivity contribution in [3.8, 4) is 5.75 Å². The number of halogens is 1. The molecule has 1 N–H and O–H groups in total. The van der Waals surface area contributed by atoms with Crippen molar-refractivity contribution in [1.29, 1.82) is 0 Å². The Balaban J connectivity index is 1.22. The average molecular weight is 513 g/mol. The standard InChI is InChI=1S/C26H37ClO8/c27-17-7-9-18(10-8-17)31-15-19(33-24-5-1-3-11-29-24)16-32-26-20-13-23(28)34-21(20)14-22(26)35-25-6-2-4-12-30-25/h7-10,19-26,28H,1-6,11-16H2/t19?,20-,21?,22?,23?,24?,25?,26?/m1/s1. The molecule has 1 saturated carbocycles. The number of rotatable bonds is 10. The predicted molar refractivity (Wildman–Crippen MR) is 127 cm³/mol. The number of fused-ring (bicyclic) bond motifs is 1. The summed E-state index contributed by atoms with van der Waals surface area (Å²) in [6.07, 6.45) is 5.29. The summed E-state index contributed by atoms with van der Waals surface area (Å²) in [7, 11) is 0.